The number of H-pyrrole nitrogens is 1. The third kappa shape index (κ3) is 3.67. The number of phenols is 1. The molecule has 0 radical (unpaired) electrons. The van der Waals surface area contributed by atoms with E-state index in [0.717, 1.165) is 27.8 Å². The van der Waals surface area contributed by atoms with Gasteiger partial charge >= 0.3 is 0 Å². The molecule has 1 unspecified atom stereocenters. The molecule has 0 fully saturated rings. The van der Waals surface area contributed by atoms with Crippen molar-refractivity contribution in [3.63, 3.8) is 0 Å². The second-order valence-electron chi connectivity index (χ2n) is 9.48. The standard InChI is InChI=1S/C29H29N3O2/c1-17(2)21-10-12-22(13-11-21)27-24-25(23-15-18(3)14-19(4)28(23)33)30-31-26(24)29(34)32(27)16-20-8-6-5-7-9-20/h5-15,17,27,33H,16H2,1-4H3,(H,30,31). The summed E-state index contributed by atoms with van der Waals surface area (Å²) in [7, 11) is 0. The van der Waals surface area contributed by atoms with Gasteiger partial charge in [-0.3, -0.25) is 9.89 Å². The van der Waals surface area contributed by atoms with Gasteiger partial charge in [0.2, 0.25) is 0 Å². The van der Waals surface area contributed by atoms with E-state index in [-0.39, 0.29) is 17.7 Å². The van der Waals surface area contributed by atoms with Crippen molar-refractivity contribution in [1.82, 2.24) is 15.1 Å². The zero-order chi connectivity index (χ0) is 24.0. The number of fused-ring (bicyclic) bond motifs is 1. The van der Waals surface area contributed by atoms with Crippen LogP contribution in [-0.4, -0.2) is 26.1 Å². The van der Waals surface area contributed by atoms with Crippen molar-refractivity contribution in [2.24, 2.45) is 0 Å². The van der Waals surface area contributed by atoms with Crippen LogP contribution in [0.15, 0.2) is 66.7 Å². The fourth-order valence-electron chi connectivity index (χ4n) is 4.90. The molecular weight excluding hydrogens is 422 g/mol. The fourth-order valence-corrected chi connectivity index (χ4v) is 4.90. The van der Waals surface area contributed by atoms with E-state index in [4.69, 9.17) is 0 Å². The van der Waals surface area contributed by atoms with E-state index in [1.54, 1.807) is 0 Å². The van der Waals surface area contributed by atoms with Crippen LogP contribution in [0.4, 0.5) is 0 Å². The Kier molecular flexibility index (Phi) is 5.48. The van der Waals surface area contributed by atoms with E-state index < -0.39 is 0 Å². The fraction of sp³-hybridized carbons (Fsp3) is 0.241. The van der Waals surface area contributed by atoms with Gasteiger partial charge < -0.3 is 10.0 Å². The third-order valence-electron chi connectivity index (χ3n) is 6.68. The SMILES string of the molecule is Cc1cc(C)c(O)c(-c2n[nH]c3c2C(c2ccc(C(C)C)cc2)N(Cc2ccccc2)C3=O)c1. The molecule has 172 valence electrons. The second-order valence-corrected chi connectivity index (χ2v) is 9.48. The lowest BCUT2D eigenvalue weighted by Crippen LogP contribution is -2.29. The number of aromatic nitrogens is 2. The van der Waals surface area contributed by atoms with Crippen LogP contribution in [-0.2, 0) is 6.54 Å². The monoisotopic (exact) mass is 451 g/mol. The molecule has 1 aliphatic heterocycles. The molecule has 0 bridgehead atoms. The number of aromatic amines is 1. The molecule has 4 aromatic rings. The summed E-state index contributed by atoms with van der Waals surface area (Å²) in [5.41, 5.74) is 7.74. The average Bonchev–Trinajstić information content (AvgIpc) is 3.36. The molecule has 0 saturated heterocycles. The van der Waals surface area contributed by atoms with E-state index in [1.807, 2.05) is 61.2 Å². The van der Waals surface area contributed by atoms with E-state index >= 15 is 0 Å². The Bertz CT molecular complexity index is 1350. The zero-order valence-corrected chi connectivity index (χ0v) is 20.0. The zero-order valence-electron chi connectivity index (χ0n) is 20.0. The number of carbonyl (C=O) groups excluding carboxylic acids is 1. The average molecular weight is 452 g/mol. The summed E-state index contributed by atoms with van der Waals surface area (Å²) in [6.07, 6.45) is 0. The lowest BCUT2D eigenvalue weighted by molar-refractivity contribution is 0.0730. The Hall–Kier alpha value is -3.86. The third-order valence-corrected chi connectivity index (χ3v) is 6.68. The largest absolute Gasteiger partial charge is 0.507 e. The van der Waals surface area contributed by atoms with Crippen LogP contribution in [0.1, 0.15) is 69.7 Å². The topological polar surface area (TPSA) is 69.2 Å². The molecule has 2 N–H and O–H groups in total. The van der Waals surface area contributed by atoms with Crippen molar-refractivity contribution >= 4 is 5.91 Å². The number of rotatable bonds is 5. The van der Waals surface area contributed by atoms with E-state index in [9.17, 15) is 9.90 Å². The van der Waals surface area contributed by atoms with Crippen LogP contribution in [0.5, 0.6) is 5.75 Å². The predicted molar refractivity (Wildman–Crippen MR) is 134 cm³/mol. The van der Waals surface area contributed by atoms with Gasteiger partial charge in [-0.2, -0.15) is 5.10 Å². The first kappa shape index (κ1) is 22.0. The van der Waals surface area contributed by atoms with E-state index in [2.05, 4.69) is 48.3 Å². The summed E-state index contributed by atoms with van der Waals surface area (Å²) >= 11 is 0. The molecule has 0 spiro atoms. The van der Waals surface area contributed by atoms with Crippen LogP contribution in [0.3, 0.4) is 0 Å². The van der Waals surface area contributed by atoms with Gasteiger partial charge in [-0.05, 0) is 53.6 Å². The van der Waals surface area contributed by atoms with Gasteiger partial charge in [-0.25, -0.2) is 0 Å². The summed E-state index contributed by atoms with van der Waals surface area (Å²) in [6.45, 7) is 8.71. The quantitative estimate of drug-likeness (QED) is 0.376. The molecule has 0 aliphatic carbocycles. The van der Waals surface area contributed by atoms with Crippen molar-refractivity contribution in [2.45, 2.75) is 46.2 Å². The van der Waals surface area contributed by atoms with E-state index in [1.165, 1.54) is 5.56 Å². The molecule has 5 nitrogen and oxygen atoms in total. The number of benzene rings is 3. The van der Waals surface area contributed by atoms with Crippen molar-refractivity contribution in [1.29, 1.82) is 0 Å². The van der Waals surface area contributed by atoms with Crippen LogP contribution in [0.25, 0.3) is 11.3 Å². The maximum Gasteiger partial charge on any atom is 0.273 e. The molecule has 34 heavy (non-hydrogen) atoms. The number of nitrogens with one attached hydrogen (secondary N) is 1. The number of aromatic hydroxyl groups is 1. The Balaban J connectivity index is 1.68. The maximum absolute atomic E-state index is 13.6. The number of carbonyl (C=O) groups is 1. The highest BCUT2D eigenvalue weighted by Crippen LogP contribution is 2.46. The van der Waals surface area contributed by atoms with Crippen molar-refractivity contribution in [2.75, 3.05) is 0 Å². The number of phenolic OH excluding ortho intramolecular Hbond substituents is 1. The minimum absolute atomic E-state index is 0.0839. The maximum atomic E-state index is 13.6. The van der Waals surface area contributed by atoms with Gasteiger partial charge in [-0.1, -0.05) is 74.5 Å². The smallest absolute Gasteiger partial charge is 0.273 e. The minimum Gasteiger partial charge on any atom is -0.507 e. The Morgan fingerprint density at radius 2 is 1.74 bits per heavy atom. The highest BCUT2D eigenvalue weighted by Gasteiger charge is 2.42. The van der Waals surface area contributed by atoms with Crippen LogP contribution in [0, 0.1) is 13.8 Å². The second kappa shape index (κ2) is 8.49. The van der Waals surface area contributed by atoms with Gasteiger partial charge in [-0.15, -0.1) is 0 Å². The molecule has 3 aromatic carbocycles. The summed E-state index contributed by atoms with van der Waals surface area (Å²) in [5, 5.41) is 18.4. The summed E-state index contributed by atoms with van der Waals surface area (Å²) in [6, 6.07) is 22.1. The molecule has 1 amide bonds. The number of amides is 1. The van der Waals surface area contributed by atoms with Gasteiger partial charge in [0, 0.05) is 17.7 Å². The molecule has 1 atom stereocenters. The van der Waals surface area contributed by atoms with Gasteiger partial charge in [0.15, 0.2) is 0 Å². The van der Waals surface area contributed by atoms with Crippen molar-refractivity contribution in [3.05, 3.63) is 106 Å². The number of nitrogens with zero attached hydrogens (tertiary/aromatic N) is 2. The Morgan fingerprint density at radius 1 is 1.03 bits per heavy atom. The lowest BCUT2D eigenvalue weighted by Gasteiger charge is -2.27. The molecule has 1 aliphatic rings. The van der Waals surface area contributed by atoms with Crippen LogP contribution < -0.4 is 0 Å². The van der Waals surface area contributed by atoms with Gasteiger partial charge in [0.1, 0.15) is 17.1 Å². The lowest BCUT2D eigenvalue weighted by atomic mass is 9.92. The first-order chi connectivity index (χ1) is 16.3. The highest BCUT2D eigenvalue weighted by molar-refractivity contribution is 6.00. The first-order valence-electron chi connectivity index (χ1n) is 11.7. The highest BCUT2D eigenvalue weighted by atomic mass is 16.3. The van der Waals surface area contributed by atoms with Crippen LogP contribution >= 0.6 is 0 Å². The first-order valence-corrected chi connectivity index (χ1v) is 11.7. The van der Waals surface area contributed by atoms with Crippen molar-refractivity contribution < 1.29 is 9.90 Å². The molecule has 1 aromatic heterocycles. The Morgan fingerprint density at radius 3 is 2.41 bits per heavy atom. The summed E-state index contributed by atoms with van der Waals surface area (Å²) in [4.78, 5) is 15.5. The van der Waals surface area contributed by atoms with Crippen LogP contribution in [0.2, 0.25) is 0 Å². The molecule has 2 heterocycles. The molecular formula is C29H29N3O2. The van der Waals surface area contributed by atoms with E-state index in [0.29, 0.717) is 29.4 Å². The predicted octanol–water partition coefficient (Wildman–Crippen LogP) is 6.27. The molecule has 0 saturated carbocycles. The minimum atomic E-state index is -0.308. The molecule has 5 heteroatoms. The number of hydrogen-bond acceptors (Lipinski definition) is 3. The summed E-state index contributed by atoms with van der Waals surface area (Å²) < 4.78 is 0. The number of aryl methyl sites for hydroxylation is 2. The Labute approximate surface area is 200 Å². The van der Waals surface area contributed by atoms with Gasteiger partial charge in [0.05, 0.1) is 6.04 Å². The van der Waals surface area contributed by atoms with Gasteiger partial charge in [0.25, 0.3) is 5.91 Å². The normalized spacial score (nSPS) is 15.3. The molecule has 5 rings (SSSR count). The summed E-state index contributed by atoms with van der Waals surface area (Å²) in [5.74, 6) is 0.536. The van der Waals surface area contributed by atoms with Crippen molar-refractivity contribution in [3.8, 4) is 17.0 Å². The number of hydrogen-bond donors (Lipinski definition) is 2.